The number of imidazole rings is 1. The Morgan fingerprint density at radius 2 is 2.15 bits per heavy atom. The molecule has 0 bridgehead atoms. The normalized spacial score (nSPS) is 12.9. The standard InChI is InChI=1S/C13H21N5O2/c1-16(2)5-6-18-12(11(20-4)8-15-18)13(19)10-7-14-9-17(10)3/h7-9,13,19H,5-6H2,1-4H3. The van der Waals surface area contributed by atoms with Gasteiger partial charge in [0.2, 0.25) is 0 Å². The zero-order valence-electron chi connectivity index (χ0n) is 12.3. The van der Waals surface area contributed by atoms with Gasteiger partial charge in [0.25, 0.3) is 0 Å². The molecule has 0 radical (unpaired) electrons. The molecule has 0 aromatic carbocycles. The van der Waals surface area contributed by atoms with Crippen molar-refractivity contribution >= 4 is 0 Å². The van der Waals surface area contributed by atoms with Gasteiger partial charge >= 0.3 is 0 Å². The van der Waals surface area contributed by atoms with Gasteiger partial charge in [0.15, 0.2) is 5.75 Å². The monoisotopic (exact) mass is 279 g/mol. The van der Waals surface area contributed by atoms with E-state index in [0.717, 1.165) is 6.54 Å². The van der Waals surface area contributed by atoms with Crippen LogP contribution in [0.2, 0.25) is 0 Å². The lowest BCUT2D eigenvalue weighted by Gasteiger charge is -2.17. The third-order valence-corrected chi connectivity index (χ3v) is 3.22. The van der Waals surface area contributed by atoms with Gasteiger partial charge in [-0.25, -0.2) is 4.98 Å². The minimum Gasteiger partial charge on any atom is -0.493 e. The topological polar surface area (TPSA) is 68.3 Å². The smallest absolute Gasteiger partial charge is 0.163 e. The third kappa shape index (κ3) is 2.83. The molecule has 1 atom stereocenters. The number of methoxy groups -OCH3 is 1. The molecule has 0 spiro atoms. The number of hydrogen-bond donors (Lipinski definition) is 1. The van der Waals surface area contributed by atoms with Crippen LogP contribution in [0, 0.1) is 0 Å². The lowest BCUT2D eigenvalue weighted by atomic mass is 10.2. The fourth-order valence-electron chi connectivity index (χ4n) is 2.05. The van der Waals surface area contributed by atoms with Crippen LogP contribution in [0.5, 0.6) is 5.75 Å². The molecule has 0 fully saturated rings. The first kappa shape index (κ1) is 14.5. The van der Waals surface area contributed by atoms with Crippen molar-refractivity contribution < 1.29 is 9.84 Å². The Morgan fingerprint density at radius 3 is 2.70 bits per heavy atom. The molecule has 7 nitrogen and oxygen atoms in total. The predicted molar refractivity (Wildman–Crippen MR) is 74.6 cm³/mol. The zero-order chi connectivity index (χ0) is 14.7. The van der Waals surface area contributed by atoms with Gasteiger partial charge in [-0.1, -0.05) is 0 Å². The highest BCUT2D eigenvalue weighted by Crippen LogP contribution is 2.29. The van der Waals surface area contributed by atoms with Crippen LogP contribution < -0.4 is 4.74 Å². The first-order chi connectivity index (χ1) is 9.54. The molecule has 2 aromatic rings. The number of likely N-dealkylation sites (N-methyl/N-ethyl adjacent to an activating group) is 1. The molecule has 0 aliphatic carbocycles. The summed E-state index contributed by atoms with van der Waals surface area (Å²) in [7, 11) is 7.42. The van der Waals surface area contributed by atoms with Crippen LogP contribution in [0.3, 0.4) is 0 Å². The van der Waals surface area contributed by atoms with Crippen LogP contribution in [0.15, 0.2) is 18.7 Å². The molecule has 2 heterocycles. The van der Waals surface area contributed by atoms with Crippen molar-refractivity contribution in [3.8, 4) is 5.75 Å². The van der Waals surface area contributed by atoms with E-state index in [1.807, 2.05) is 21.1 Å². The van der Waals surface area contributed by atoms with Gasteiger partial charge in [0.1, 0.15) is 11.8 Å². The summed E-state index contributed by atoms with van der Waals surface area (Å²) >= 11 is 0. The summed E-state index contributed by atoms with van der Waals surface area (Å²) in [6.45, 7) is 1.51. The summed E-state index contributed by atoms with van der Waals surface area (Å²) in [5, 5.41) is 14.9. The number of aromatic nitrogens is 4. The van der Waals surface area contributed by atoms with E-state index in [2.05, 4.69) is 15.0 Å². The van der Waals surface area contributed by atoms with E-state index in [0.29, 0.717) is 23.7 Å². The molecule has 1 N–H and O–H groups in total. The van der Waals surface area contributed by atoms with E-state index < -0.39 is 6.10 Å². The zero-order valence-corrected chi connectivity index (χ0v) is 12.3. The maximum Gasteiger partial charge on any atom is 0.163 e. The SMILES string of the molecule is COc1cnn(CCN(C)C)c1C(O)c1cncn1C. The van der Waals surface area contributed by atoms with Gasteiger partial charge in [-0.05, 0) is 14.1 Å². The fourth-order valence-corrected chi connectivity index (χ4v) is 2.05. The minimum atomic E-state index is -0.817. The lowest BCUT2D eigenvalue weighted by molar-refractivity contribution is 0.192. The Labute approximate surface area is 118 Å². The van der Waals surface area contributed by atoms with Crippen LogP contribution in [0.4, 0.5) is 0 Å². The highest BCUT2D eigenvalue weighted by molar-refractivity contribution is 5.32. The highest BCUT2D eigenvalue weighted by atomic mass is 16.5. The average Bonchev–Trinajstić information content (AvgIpc) is 3.01. The molecule has 0 saturated carbocycles. The van der Waals surface area contributed by atoms with Gasteiger partial charge in [-0.3, -0.25) is 4.68 Å². The molecule has 0 aliphatic heterocycles. The quantitative estimate of drug-likeness (QED) is 0.822. The van der Waals surface area contributed by atoms with E-state index in [1.165, 1.54) is 0 Å². The van der Waals surface area contributed by atoms with Gasteiger partial charge < -0.3 is 19.3 Å². The summed E-state index contributed by atoms with van der Waals surface area (Å²) in [5.41, 5.74) is 1.35. The molecule has 0 amide bonds. The summed E-state index contributed by atoms with van der Waals surface area (Å²) in [6, 6.07) is 0. The Kier molecular flexibility index (Phi) is 4.41. The maximum absolute atomic E-state index is 10.6. The number of hydrogen-bond acceptors (Lipinski definition) is 5. The number of aryl methyl sites for hydroxylation is 1. The summed E-state index contributed by atoms with van der Waals surface area (Å²) in [6.07, 6.45) is 4.12. The van der Waals surface area contributed by atoms with Gasteiger partial charge in [-0.2, -0.15) is 5.10 Å². The average molecular weight is 279 g/mol. The minimum absolute atomic E-state index is 0.581. The molecule has 7 heteroatoms. The summed E-state index contributed by atoms with van der Waals surface area (Å²) in [4.78, 5) is 6.10. The van der Waals surface area contributed by atoms with Gasteiger partial charge in [0.05, 0.1) is 38.1 Å². The second-order valence-corrected chi connectivity index (χ2v) is 4.96. The Balaban J connectivity index is 2.33. The predicted octanol–water partition coefficient (Wildman–Crippen LogP) is 0.268. The van der Waals surface area contributed by atoms with Crippen molar-refractivity contribution in [2.24, 2.45) is 7.05 Å². The van der Waals surface area contributed by atoms with Gasteiger partial charge in [-0.15, -0.1) is 0 Å². The maximum atomic E-state index is 10.6. The Morgan fingerprint density at radius 1 is 1.40 bits per heavy atom. The van der Waals surface area contributed by atoms with Crippen LogP contribution in [-0.2, 0) is 13.6 Å². The second kappa shape index (κ2) is 6.06. The van der Waals surface area contributed by atoms with Crippen LogP contribution in [0.25, 0.3) is 0 Å². The van der Waals surface area contributed by atoms with Crippen molar-refractivity contribution in [3.63, 3.8) is 0 Å². The molecule has 0 aliphatic rings. The van der Waals surface area contributed by atoms with E-state index in [4.69, 9.17) is 4.74 Å². The summed E-state index contributed by atoms with van der Waals surface area (Å²) < 4.78 is 8.86. The van der Waals surface area contributed by atoms with Gasteiger partial charge in [0, 0.05) is 13.6 Å². The van der Waals surface area contributed by atoms with Crippen molar-refractivity contribution in [3.05, 3.63) is 30.1 Å². The van der Waals surface area contributed by atoms with E-state index >= 15 is 0 Å². The van der Waals surface area contributed by atoms with E-state index in [-0.39, 0.29) is 0 Å². The largest absolute Gasteiger partial charge is 0.493 e. The van der Waals surface area contributed by atoms with Crippen LogP contribution in [-0.4, -0.2) is 57.1 Å². The van der Waals surface area contributed by atoms with Crippen LogP contribution >= 0.6 is 0 Å². The lowest BCUT2D eigenvalue weighted by Crippen LogP contribution is -2.21. The van der Waals surface area contributed by atoms with E-state index in [1.54, 1.807) is 35.1 Å². The number of aliphatic hydroxyl groups excluding tert-OH is 1. The fraction of sp³-hybridized carbons (Fsp3) is 0.538. The number of nitrogens with zero attached hydrogens (tertiary/aromatic N) is 5. The number of aliphatic hydroxyl groups is 1. The van der Waals surface area contributed by atoms with Crippen molar-refractivity contribution in [2.45, 2.75) is 12.6 Å². The molecule has 1 unspecified atom stereocenters. The molecule has 2 aromatic heterocycles. The first-order valence-corrected chi connectivity index (χ1v) is 6.43. The van der Waals surface area contributed by atoms with E-state index in [9.17, 15) is 5.11 Å². The first-order valence-electron chi connectivity index (χ1n) is 6.43. The molecule has 0 saturated heterocycles. The molecule has 2 rings (SSSR count). The Bertz CT molecular complexity index is 561. The number of ether oxygens (including phenoxy) is 1. The third-order valence-electron chi connectivity index (χ3n) is 3.22. The molecular formula is C13H21N5O2. The summed E-state index contributed by atoms with van der Waals surface area (Å²) in [5.74, 6) is 0.581. The van der Waals surface area contributed by atoms with Crippen LogP contribution in [0.1, 0.15) is 17.5 Å². The Hall–Kier alpha value is -1.86. The molecule has 110 valence electrons. The molecular weight excluding hydrogens is 258 g/mol. The highest BCUT2D eigenvalue weighted by Gasteiger charge is 2.23. The number of rotatable bonds is 6. The van der Waals surface area contributed by atoms with Crippen molar-refractivity contribution in [1.29, 1.82) is 0 Å². The van der Waals surface area contributed by atoms with Crippen molar-refractivity contribution in [1.82, 2.24) is 24.2 Å². The molecule has 20 heavy (non-hydrogen) atoms. The van der Waals surface area contributed by atoms with Crippen molar-refractivity contribution in [2.75, 3.05) is 27.7 Å². The second-order valence-electron chi connectivity index (χ2n) is 4.96.